The summed E-state index contributed by atoms with van der Waals surface area (Å²) in [5.41, 5.74) is 2.48. The number of aromatic nitrogens is 2. The van der Waals surface area contributed by atoms with Crippen LogP contribution in [0.5, 0.6) is 0 Å². The molecule has 3 aliphatic carbocycles. The van der Waals surface area contributed by atoms with Crippen molar-refractivity contribution < 1.29 is 9.59 Å². The third kappa shape index (κ3) is 2.91. The van der Waals surface area contributed by atoms with Crippen LogP contribution in [0.25, 0.3) is 16.3 Å². The average molecular weight is 429 g/mol. The van der Waals surface area contributed by atoms with Crippen molar-refractivity contribution in [3.63, 3.8) is 0 Å². The molecule has 6 nitrogen and oxygen atoms in total. The Bertz CT molecular complexity index is 1180. The van der Waals surface area contributed by atoms with Crippen molar-refractivity contribution in [3.05, 3.63) is 71.8 Å². The van der Waals surface area contributed by atoms with Gasteiger partial charge in [0.05, 0.1) is 28.6 Å². The zero-order valence-corrected chi connectivity index (χ0v) is 17.5. The predicted octanol–water partition coefficient (Wildman–Crippen LogP) is 4.13. The van der Waals surface area contributed by atoms with Gasteiger partial charge in [-0.1, -0.05) is 36.4 Å². The van der Waals surface area contributed by atoms with E-state index in [1.54, 1.807) is 22.2 Å². The van der Waals surface area contributed by atoms with E-state index in [1.807, 2.05) is 54.0 Å². The molecule has 2 aromatic heterocycles. The molecule has 0 radical (unpaired) electrons. The third-order valence-electron chi connectivity index (χ3n) is 6.57. The van der Waals surface area contributed by atoms with Crippen molar-refractivity contribution in [2.24, 2.45) is 28.8 Å². The smallest absolute Gasteiger partial charge is 0.254 e. The van der Waals surface area contributed by atoms with Crippen LogP contribution in [0.2, 0.25) is 0 Å². The Morgan fingerprint density at radius 3 is 2.29 bits per heavy atom. The van der Waals surface area contributed by atoms with Crippen molar-refractivity contribution in [2.45, 2.75) is 12.8 Å². The van der Waals surface area contributed by atoms with E-state index in [0.717, 1.165) is 39.7 Å². The summed E-state index contributed by atoms with van der Waals surface area (Å²) in [5.74, 6) is -0.519. The highest BCUT2D eigenvalue weighted by Gasteiger charge is 2.56. The highest BCUT2D eigenvalue weighted by Crippen LogP contribution is 2.49. The van der Waals surface area contributed by atoms with Gasteiger partial charge in [0.15, 0.2) is 0 Å². The molecule has 0 spiro atoms. The molecule has 2 fully saturated rings. The molecule has 3 heterocycles. The van der Waals surface area contributed by atoms with Gasteiger partial charge in [0, 0.05) is 11.8 Å². The third-order valence-corrected chi connectivity index (χ3v) is 7.44. The van der Waals surface area contributed by atoms with Gasteiger partial charge < -0.3 is 0 Å². The minimum Gasteiger partial charge on any atom is -0.272 e. The van der Waals surface area contributed by atoms with Gasteiger partial charge in [0.2, 0.25) is 0 Å². The summed E-state index contributed by atoms with van der Waals surface area (Å²) in [6.07, 6.45) is 9.68. The van der Waals surface area contributed by atoms with Crippen molar-refractivity contribution in [3.8, 4) is 16.3 Å². The highest BCUT2D eigenvalue weighted by atomic mass is 32.1. The summed E-state index contributed by atoms with van der Waals surface area (Å²) in [6, 6.07) is 13.8. The van der Waals surface area contributed by atoms with Gasteiger partial charge >= 0.3 is 0 Å². The first kappa shape index (κ1) is 18.4. The molecule has 1 aromatic carbocycles. The predicted molar refractivity (Wildman–Crippen MR) is 119 cm³/mol. The van der Waals surface area contributed by atoms with E-state index in [0.29, 0.717) is 0 Å². The molecule has 7 heteroatoms. The average Bonchev–Trinajstić information content (AvgIpc) is 3.54. The standard InChI is InChI=1S/C24H20N4O2S/c29-23-20-15-8-9-16(11-10-15)21(20)24(30)28(23)25-13-17-14-27(18-5-2-1-3-6-18)26-22(17)19-7-4-12-31-19/h1-9,12-16,20-21H,10-11H2/b25-13-/t15-,16+,20-,21+. The molecule has 2 bridgehead atoms. The fraction of sp³-hybridized carbons (Fsp3) is 0.250. The molecular formula is C24H20N4O2S. The van der Waals surface area contributed by atoms with Crippen LogP contribution in [-0.4, -0.2) is 32.8 Å². The topological polar surface area (TPSA) is 67.6 Å². The summed E-state index contributed by atoms with van der Waals surface area (Å²) in [6.45, 7) is 0. The molecule has 1 saturated heterocycles. The van der Waals surface area contributed by atoms with E-state index in [9.17, 15) is 9.59 Å². The number of thiophene rings is 1. The number of para-hydroxylation sites is 1. The Labute approximate surface area is 183 Å². The second kappa shape index (κ2) is 7.13. The number of fused-ring (bicyclic) bond motifs is 1. The minimum absolute atomic E-state index is 0.161. The number of hydrogen-bond acceptors (Lipinski definition) is 5. The molecule has 4 atom stereocenters. The maximum Gasteiger partial charge on any atom is 0.254 e. The summed E-state index contributed by atoms with van der Waals surface area (Å²) in [7, 11) is 0. The number of carbonyl (C=O) groups excluding carboxylic acids is 2. The molecule has 31 heavy (non-hydrogen) atoms. The van der Waals surface area contributed by atoms with Crippen LogP contribution in [0.1, 0.15) is 18.4 Å². The lowest BCUT2D eigenvalue weighted by molar-refractivity contribution is -0.140. The summed E-state index contributed by atoms with van der Waals surface area (Å²) in [4.78, 5) is 27.1. The van der Waals surface area contributed by atoms with Crippen molar-refractivity contribution in [1.29, 1.82) is 0 Å². The highest BCUT2D eigenvalue weighted by molar-refractivity contribution is 7.13. The lowest BCUT2D eigenvalue weighted by Gasteiger charge is -2.37. The fourth-order valence-corrected chi connectivity index (χ4v) is 5.82. The van der Waals surface area contributed by atoms with E-state index in [4.69, 9.17) is 5.10 Å². The first-order valence-corrected chi connectivity index (χ1v) is 11.4. The molecule has 1 saturated carbocycles. The Balaban J connectivity index is 1.36. The van der Waals surface area contributed by atoms with Gasteiger partial charge in [0.1, 0.15) is 5.69 Å². The summed E-state index contributed by atoms with van der Waals surface area (Å²) >= 11 is 1.59. The molecule has 3 aromatic rings. The number of imide groups is 1. The Hall–Kier alpha value is -3.32. The number of nitrogens with zero attached hydrogens (tertiary/aromatic N) is 4. The van der Waals surface area contributed by atoms with Crippen LogP contribution in [0, 0.1) is 23.7 Å². The zero-order chi connectivity index (χ0) is 20.9. The normalized spacial score (nSPS) is 26.9. The number of hydrazone groups is 1. The summed E-state index contributed by atoms with van der Waals surface area (Å²) in [5, 5.41) is 12.2. The molecular weight excluding hydrogens is 408 g/mol. The maximum absolute atomic E-state index is 13.0. The second-order valence-electron chi connectivity index (χ2n) is 8.26. The Morgan fingerprint density at radius 1 is 0.968 bits per heavy atom. The largest absolute Gasteiger partial charge is 0.272 e. The number of rotatable bonds is 4. The van der Waals surface area contributed by atoms with Gasteiger partial charge in [-0.25, -0.2) is 4.68 Å². The van der Waals surface area contributed by atoms with Gasteiger partial charge in [-0.2, -0.15) is 15.2 Å². The van der Waals surface area contributed by atoms with Crippen LogP contribution in [0.4, 0.5) is 0 Å². The van der Waals surface area contributed by atoms with E-state index >= 15 is 0 Å². The first-order valence-electron chi connectivity index (χ1n) is 10.5. The van der Waals surface area contributed by atoms with Crippen molar-refractivity contribution >= 4 is 29.4 Å². The zero-order valence-electron chi connectivity index (χ0n) is 16.7. The van der Waals surface area contributed by atoms with Crippen LogP contribution in [0.15, 0.2) is 71.3 Å². The number of carbonyl (C=O) groups is 2. The van der Waals surface area contributed by atoms with Crippen LogP contribution < -0.4 is 0 Å². The van der Waals surface area contributed by atoms with Gasteiger partial charge in [-0.15, -0.1) is 11.3 Å². The second-order valence-corrected chi connectivity index (χ2v) is 9.21. The molecule has 1 aliphatic heterocycles. The van der Waals surface area contributed by atoms with Gasteiger partial charge in [-0.3, -0.25) is 9.59 Å². The molecule has 0 N–H and O–H groups in total. The van der Waals surface area contributed by atoms with Crippen LogP contribution >= 0.6 is 11.3 Å². The SMILES string of the molecule is O=C1[C@@H]2[C@H](C(=O)N1/N=C\c1cn(-c3ccccc3)nc1-c1cccs1)[C@@H]1C=C[C@H]2CC1. The summed E-state index contributed by atoms with van der Waals surface area (Å²) < 4.78 is 1.80. The number of amides is 2. The fourth-order valence-electron chi connectivity index (χ4n) is 5.09. The monoisotopic (exact) mass is 428 g/mol. The van der Waals surface area contributed by atoms with E-state index < -0.39 is 0 Å². The van der Waals surface area contributed by atoms with Gasteiger partial charge in [-0.05, 0) is 48.3 Å². The lowest BCUT2D eigenvalue weighted by atomic mass is 9.63. The van der Waals surface area contributed by atoms with Gasteiger partial charge in [0.25, 0.3) is 11.8 Å². The molecule has 0 unspecified atom stereocenters. The maximum atomic E-state index is 13.0. The molecule has 4 aliphatic rings. The van der Waals surface area contributed by atoms with E-state index in [-0.39, 0.29) is 35.5 Å². The molecule has 2 amide bonds. The van der Waals surface area contributed by atoms with E-state index in [1.165, 1.54) is 0 Å². The first-order chi connectivity index (χ1) is 15.2. The molecule has 154 valence electrons. The Morgan fingerprint density at radius 2 is 1.68 bits per heavy atom. The molecule has 7 rings (SSSR count). The minimum atomic E-state index is -0.253. The Kier molecular flexibility index (Phi) is 4.24. The number of hydrogen-bond donors (Lipinski definition) is 0. The number of benzene rings is 1. The van der Waals surface area contributed by atoms with E-state index in [2.05, 4.69) is 17.3 Å². The van der Waals surface area contributed by atoms with Crippen LogP contribution in [0.3, 0.4) is 0 Å². The van der Waals surface area contributed by atoms with Crippen LogP contribution in [-0.2, 0) is 9.59 Å². The quantitative estimate of drug-likeness (QED) is 0.356. The number of allylic oxidation sites excluding steroid dienone is 2. The van der Waals surface area contributed by atoms with Crippen molar-refractivity contribution in [1.82, 2.24) is 14.8 Å². The van der Waals surface area contributed by atoms with Crippen molar-refractivity contribution in [2.75, 3.05) is 0 Å². The lowest BCUT2D eigenvalue weighted by Crippen LogP contribution is -2.38.